The van der Waals surface area contributed by atoms with Crippen LogP contribution in [0.1, 0.15) is 30.1 Å². The Labute approximate surface area is 130 Å². The van der Waals surface area contributed by atoms with Crippen molar-refractivity contribution < 1.29 is 14.7 Å². The lowest BCUT2D eigenvalue weighted by Crippen LogP contribution is -2.36. The molecule has 0 spiro atoms. The fourth-order valence-electron chi connectivity index (χ4n) is 2.34. The van der Waals surface area contributed by atoms with Gasteiger partial charge >= 0.3 is 0 Å². The van der Waals surface area contributed by atoms with E-state index in [2.05, 4.69) is 10.6 Å². The van der Waals surface area contributed by atoms with E-state index in [4.69, 9.17) is 5.11 Å². The lowest BCUT2D eigenvalue weighted by Gasteiger charge is -2.20. The molecule has 1 aliphatic rings. The van der Waals surface area contributed by atoms with Crippen LogP contribution in [-0.4, -0.2) is 54.1 Å². The van der Waals surface area contributed by atoms with Crippen LogP contribution < -0.4 is 10.6 Å². The predicted molar refractivity (Wildman–Crippen MR) is 84.8 cm³/mol. The number of rotatable bonds is 8. The highest BCUT2D eigenvalue weighted by Crippen LogP contribution is 2.26. The van der Waals surface area contributed by atoms with Crippen LogP contribution in [0.15, 0.2) is 24.3 Å². The molecule has 0 radical (unpaired) electrons. The third kappa shape index (κ3) is 4.82. The van der Waals surface area contributed by atoms with Crippen molar-refractivity contribution in [2.45, 2.75) is 25.8 Å². The van der Waals surface area contributed by atoms with Crippen molar-refractivity contribution in [2.75, 3.05) is 31.6 Å². The van der Waals surface area contributed by atoms with Crippen molar-refractivity contribution in [3.05, 3.63) is 29.8 Å². The molecule has 0 aromatic heterocycles. The zero-order valence-corrected chi connectivity index (χ0v) is 12.8. The average Bonchev–Trinajstić information content (AvgIpc) is 3.32. The summed E-state index contributed by atoms with van der Waals surface area (Å²) in [5.74, 6) is -0.285. The number of aliphatic hydroxyl groups excluding tert-OH is 1. The van der Waals surface area contributed by atoms with E-state index in [-0.39, 0.29) is 25.0 Å². The number of hydrogen-bond acceptors (Lipinski definition) is 4. The number of carbonyl (C=O) groups excluding carboxylic acids is 2. The second-order valence-electron chi connectivity index (χ2n) is 5.41. The molecule has 1 aromatic rings. The van der Waals surface area contributed by atoms with Gasteiger partial charge in [0.15, 0.2) is 0 Å². The molecule has 0 aliphatic heterocycles. The normalized spacial score (nSPS) is 14.0. The maximum atomic E-state index is 12.1. The van der Waals surface area contributed by atoms with Crippen LogP contribution in [0.2, 0.25) is 0 Å². The summed E-state index contributed by atoms with van der Waals surface area (Å²) in [6, 6.07) is 7.29. The highest BCUT2D eigenvalue weighted by Gasteiger charge is 2.29. The monoisotopic (exact) mass is 305 g/mol. The van der Waals surface area contributed by atoms with Gasteiger partial charge in [0.2, 0.25) is 5.91 Å². The molecule has 2 rings (SSSR count). The van der Waals surface area contributed by atoms with E-state index >= 15 is 0 Å². The molecule has 0 atom stereocenters. The highest BCUT2D eigenvalue weighted by atomic mass is 16.3. The molecule has 0 saturated heterocycles. The Bertz CT molecular complexity index is 529. The topological polar surface area (TPSA) is 81.7 Å². The van der Waals surface area contributed by atoms with Gasteiger partial charge in [-0.15, -0.1) is 0 Å². The minimum Gasteiger partial charge on any atom is -0.395 e. The minimum absolute atomic E-state index is 0.0520. The summed E-state index contributed by atoms with van der Waals surface area (Å²) in [6.45, 7) is 3.24. The number of amides is 2. The first-order valence-corrected chi connectivity index (χ1v) is 7.67. The first kappa shape index (κ1) is 16.5. The summed E-state index contributed by atoms with van der Waals surface area (Å²) in [5.41, 5.74) is 1.13. The second kappa shape index (κ2) is 7.91. The molecule has 0 heterocycles. The van der Waals surface area contributed by atoms with E-state index in [1.54, 1.807) is 24.3 Å². The Hall–Kier alpha value is -1.92. The van der Waals surface area contributed by atoms with Gasteiger partial charge in [0, 0.05) is 30.4 Å². The number of nitrogens with one attached hydrogen (secondary N) is 2. The van der Waals surface area contributed by atoms with Gasteiger partial charge in [0.05, 0.1) is 13.2 Å². The van der Waals surface area contributed by atoms with Crippen molar-refractivity contribution in [3.8, 4) is 0 Å². The average molecular weight is 305 g/mol. The summed E-state index contributed by atoms with van der Waals surface area (Å²) < 4.78 is 0. The summed E-state index contributed by atoms with van der Waals surface area (Å²) in [6.07, 6.45) is 2.17. The van der Waals surface area contributed by atoms with Crippen LogP contribution in [0.25, 0.3) is 0 Å². The Morgan fingerprint density at radius 3 is 2.77 bits per heavy atom. The molecule has 22 heavy (non-hydrogen) atoms. The number of aliphatic hydroxyl groups is 1. The smallest absolute Gasteiger partial charge is 0.251 e. The first-order chi connectivity index (χ1) is 10.6. The Balaban J connectivity index is 1.93. The third-order valence-electron chi connectivity index (χ3n) is 3.54. The second-order valence-corrected chi connectivity index (χ2v) is 5.41. The van der Waals surface area contributed by atoms with Crippen LogP contribution in [0.4, 0.5) is 5.69 Å². The van der Waals surface area contributed by atoms with Crippen molar-refractivity contribution >= 4 is 17.5 Å². The summed E-state index contributed by atoms with van der Waals surface area (Å²) >= 11 is 0. The maximum Gasteiger partial charge on any atom is 0.251 e. The Kier molecular flexibility index (Phi) is 5.91. The van der Waals surface area contributed by atoms with Crippen molar-refractivity contribution in [2.24, 2.45) is 0 Å². The van der Waals surface area contributed by atoms with Crippen LogP contribution in [0.5, 0.6) is 0 Å². The quantitative estimate of drug-likeness (QED) is 0.664. The van der Waals surface area contributed by atoms with E-state index in [9.17, 15) is 9.59 Å². The fourth-order valence-corrected chi connectivity index (χ4v) is 2.34. The van der Waals surface area contributed by atoms with Gasteiger partial charge in [-0.25, -0.2) is 0 Å². The summed E-state index contributed by atoms with van der Waals surface area (Å²) in [5, 5.41) is 14.6. The molecular formula is C16H23N3O3. The molecular weight excluding hydrogens is 282 g/mol. The van der Waals surface area contributed by atoms with Gasteiger partial charge in [-0.05, 0) is 38.0 Å². The van der Waals surface area contributed by atoms with E-state index in [1.807, 2.05) is 11.8 Å². The van der Waals surface area contributed by atoms with Crippen molar-refractivity contribution in [1.29, 1.82) is 0 Å². The third-order valence-corrected chi connectivity index (χ3v) is 3.54. The van der Waals surface area contributed by atoms with E-state index in [0.717, 1.165) is 12.8 Å². The molecule has 2 amide bonds. The fraction of sp³-hybridized carbons (Fsp3) is 0.500. The van der Waals surface area contributed by atoms with Crippen LogP contribution in [-0.2, 0) is 4.79 Å². The molecule has 1 fully saturated rings. The minimum atomic E-state index is -0.154. The molecule has 0 unspecified atom stereocenters. The number of anilines is 1. The number of hydrogen-bond donors (Lipinski definition) is 3. The van der Waals surface area contributed by atoms with E-state index in [1.165, 1.54) is 0 Å². The molecule has 1 saturated carbocycles. The van der Waals surface area contributed by atoms with Crippen LogP contribution in [0.3, 0.4) is 0 Å². The van der Waals surface area contributed by atoms with Gasteiger partial charge < -0.3 is 15.7 Å². The zero-order valence-electron chi connectivity index (χ0n) is 12.8. The number of benzene rings is 1. The summed E-state index contributed by atoms with van der Waals surface area (Å²) in [7, 11) is 0. The van der Waals surface area contributed by atoms with Gasteiger partial charge in [-0.1, -0.05) is 6.07 Å². The van der Waals surface area contributed by atoms with E-state index < -0.39 is 0 Å². The molecule has 6 heteroatoms. The van der Waals surface area contributed by atoms with Gasteiger partial charge in [0.25, 0.3) is 5.91 Å². The summed E-state index contributed by atoms with van der Waals surface area (Å²) in [4.78, 5) is 25.9. The van der Waals surface area contributed by atoms with E-state index in [0.29, 0.717) is 30.4 Å². The maximum absolute atomic E-state index is 12.1. The Morgan fingerprint density at radius 1 is 1.36 bits per heavy atom. The molecule has 1 aliphatic carbocycles. The first-order valence-electron chi connectivity index (χ1n) is 7.67. The van der Waals surface area contributed by atoms with Crippen LogP contribution in [0, 0.1) is 0 Å². The van der Waals surface area contributed by atoms with Crippen molar-refractivity contribution in [3.63, 3.8) is 0 Å². The highest BCUT2D eigenvalue weighted by molar-refractivity contribution is 5.97. The zero-order chi connectivity index (χ0) is 15.9. The molecule has 1 aromatic carbocycles. The van der Waals surface area contributed by atoms with Gasteiger partial charge in [0.1, 0.15) is 0 Å². The van der Waals surface area contributed by atoms with Crippen molar-refractivity contribution in [1.82, 2.24) is 10.2 Å². The molecule has 120 valence electrons. The predicted octanol–water partition coefficient (Wildman–Crippen LogP) is 0.832. The molecule has 3 N–H and O–H groups in total. The molecule has 0 bridgehead atoms. The number of carbonyl (C=O) groups is 2. The SMILES string of the molecule is CCNC(=O)c1cccc(NC(=O)CN(CCO)C2CC2)c1. The standard InChI is InChI=1S/C16H23N3O3/c1-2-17-16(22)12-4-3-5-13(10-12)18-15(21)11-19(8-9-20)14-6-7-14/h3-5,10,14,20H,2,6-9,11H2,1H3,(H,17,22)(H,18,21). The lowest BCUT2D eigenvalue weighted by molar-refractivity contribution is -0.117. The van der Waals surface area contributed by atoms with Crippen LogP contribution >= 0.6 is 0 Å². The lowest BCUT2D eigenvalue weighted by atomic mass is 10.2. The largest absolute Gasteiger partial charge is 0.395 e. The number of nitrogens with zero attached hydrogens (tertiary/aromatic N) is 1. The van der Waals surface area contributed by atoms with Gasteiger partial charge in [-0.2, -0.15) is 0 Å². The Morgan fingerprint density at radius 2 is 2.14 bits per heavy atom. The molecule has 6 nitrogen and oxygen atoms in total. The van der Waals surface area contributed by atoms with Gasteiger partial charge in [-0.3, -0.25) is 14.5 Å².